The van der Waals surface area contributed by atoms with Gasteiger partial charge in [0.25, 0.3) is 0 Å². The standard InChI is InChI=1S/C18H28N2O3S.ClH/c1-3-22-7-8-23-17-10-14(2)4-5-15(17)12-20-18(21)11-16-13-24-9-6-19-16;/h4-5,10,16,19H,3,6-9,11-13H2,1-2H3,(H,20,21);1H. The molecule has 1 saturated heterocycles. The number of carbonyl (C=O) groups excluding carboxylic acids is 1. The maximum atomic E-state index is 12.1. The van der Waals surface area contributed by atoms with Gasteiger partial charge in [0.2, 0.25) is 5.91 Å². The van der Waals surface area contributed by atoms with Gasteiger partial charge in [0, 0.05) is 49.2 Å². The molecule has 1 atom stereocenters. The Morgan fingerprint density at radius 1 is 1.40 bits per heavy atom. The van der Waals surface area contributed by atoms with Crippen LogP contribution in [-0.4, -0.2) is 49.8 Å². The monoisotopic (exact) mass is 388 g/mol. The van der Waals surface area contributed by atoms with Crippen LogP contribution in [0.3, 0.4) is 0 Å². The van der Waals surface area contributed by atoms with Crippen molar-refractivity contribution in [2.24, 2.45) is 0 Å². The largest absolute Gasteiger partial charge is 0.491 e. The Morgan fingerprint density at radius 3 is 2.96 bits per heavy atom. The molecule has 7 heteroatoms. The molecule has 1 aliphatic rings. The fraction of sp³-hybridized carbons (Fsp3) is 0.611. The van der Waals surface area contributed by atoms with Gasteiger partial charge in [-0.2, -0.15) is 11.8 Å². The Bertz CT molecular complexity index is 525. The molecule has 1 fully saturated rings. The fourth-order valence-corrected chi connectivity index (χ4v) is 3.49. The molecule has 1 aromatic carbocycles. The molecule has 5 nitrogen and oxygen atoms in total. The lowest BCUT2D eigenvalue weighted by Crippen LogP contribution is -2.41. The first-order valence-corrected chi connectivity index (χ1v) is 9.72. The highest BCUT2D eigenvalue weighted by Gasteiger charge is 2.16. The van der Waals surface area contributed by atoms with E-state index in [-0.39, 0.29) is 24.4 Å². The lowest BCUT2D eigenvalue weighted by molar-refractivity contribution is -0.121. The predicted octanol–water partition coefficient (Wildman–Crippen LogP) is 2.54. The highest BCUT2D eigenvalue weighted by atomic mass is 35.5. The minimum Gasteiger partial charge on any atom is -0.491 e. The molecule has 1 aliphatic heterocycles. The quantitative estimate of drug-likeness (QED) is 0.636. The molecule has 0 aliphatic carbocycles. The lowest BCUT2D eigenvalue weighted by Gasteiger charge is -2.22. The van der Waals surface area contributed by atoms with Crippen molar-refractivity contribution >= 4 is 30.1 Å². The third kappa shape index (κ3) is 8.31. The van der Waals surface area contributed by atoms with Crippen molar-refractivity contribution in [2.45, 2.75) is 32.9 Å². The molecular formula is C18H29ClN2O3S. The molecule has 2 N–H and O–H groups in total. The number of halogens is 1. The van der Waals surface area contributed by atoms with E-state index in [4.69, 9.17) is 9.47 Å². The number of ether oxygens (including phenoxy) is 2. The van der Waals surface area contributed by atoms with Crippen LogP contribution in [0.15, 0.2) is 18.2 Å². The normalized spacial score (nSPS) is 16.8. The number of nitrogens with one attached hydrogen (secondary N) is 2. The third-order valence-corrected chi connectivity index (χ3v) is 4.95. The average molecular weight is 389 g/mol. The maximum absolute atomic E-state index is 12.1. The van der Waals surface area contributed by atoms with Gasteiger partial charge in [-0.25, -0.2) is 0 Å². The molecule has 0 saturated carbocycles. The number of rotatable bonds is 9. The van der Waals surface area contributed by atoms with Crippen LogP contribution in [0, 0.1) is 6.92 Å². The number of thioether (sulfide) groups is 1. The van der Waals surface area contributed by atoms with Crippen molar-refractivity contribution in [3.05, 3.63) is 29.3 Å². The Morgan fingerprint density at radius 2 is 2.24 bits per heavy atom. The topological polar surface area (TPSA) is 59.6 Å². The smallest absolute Gasteiger partial charge is 0.221 e. The van der Waals surface area contributed by atoms with Crippen LogP contribution in [0.2, 0.25) is 0 Å². The van der Waals surface area contributed by atoms with Crippen LogP contribution in [-0.2, 0) is 16.1 Å². The first-order chi connectivity index (χ1) is 11.7. The zero-order valence-electron chi connectivity index (χ0n) is 15.0. The maximum Gasteiger partial charge on any atom is 0.221 e. The Kier molecular flexibility index (Phi) is 11.0. The summed E-state index contributed by atoms with van der Waals surface area (Å²) in [5.74, 6) is 3.03. The van der Waals surface area contributed by atoms with E-state index in [1.165, 1.54) is 0 Å². The van der Waals surface area contributed by atoms with Crippen molar-refractivity contribution in [2.75, 3.05) is 37.9 Å². The second-order valence-electron chi connectivity index (χ2n) is 5.86. The van der Waals surface area contributed by atoms with Crippen LogP contribution in [0.1, 0.15) is 24.5 Å². The van der Waals surface area contributed by atoms with Crippen LogP contribution in [0.25, 0.3) is 0 Å². The summed E-state index contributed by atoms with van der Waals surface area (Å²) in [6.45, 7) is 7.25. The van der Waals surface area contributed by atoms with Crippen molar-refractivity contribution in [1.29, 1.82) is 0 Å². The predicted molar refractivity (Wildman–Crippen MR) is 106 cm³/mol. The van der Waals surface area contributed by atoms with E-state index in [0.29, 0.717) is 32.8 Å². The molecule has 1 unspecified atom stereocenters. The zero-order valence-corrected chi connectivity index (χ0v) is 16.6. The van der Waals surface area contributed by atoms with Gasteiger partial charge in [0.05, 0.1) is 6.61 Å². The highest BCUT2D eigenvalue weighted by Crippen LogP contribution is 2.20. The summed E-state index contributed by atoms with van der Waals surface area (Å²) in [4.78, 5) is 12.1. The minimum atomic E-state index is 0. The number of hydrogen-bond acceptors (Lipinski definition) is 5. The fourth-order valence-electron chi connectivity index (χ4n) is 2.54. The van der Waals surface area contributed by atoms with E-state index in [0.717, 1.165) is 34.9 Å². The zero-order chi connectivity index (χ0) is 17.2. The van der Waals surface area contributed by atoms with Gasteiger partial charge in [0.15, 0.2) is 0 Å². The Hall–Kier alpha value is -0.950. The first-order valence-electron chi connectivity index (χ1n) is 8.57. The van der Waals surface area contributed by atoms with Crippen LogP contribution >= 0.6 is 24.2 Å². The Labute approximate surface area is 161 Å². The summed E-state index contributed by atoms with van der Waals surface area (Å²) in [5.41, 5.74) is 2.14. The summed E-state index contributed by atoms with van der Waals surface area (Å²) in [5, 5.41) is 6.39. The van der Waals surface area contributed by atoms with Gasteiger partial charge < -0.3 is 20.1 Å². The number of amides is 1. The number of aryl methyl sites for hydroxylation is 1. The number of benzene rings is 1. The van der Waals surface area contributed by atoms with Gasteiger partial charge in [-0.1, -0.05) is 12.1 Å². The van der Waals surface area contributed by atoms with E-state index < -0.39 is 0 Å². The van der Waals surface area contributed by atoms with E-state index in [1.807, 2.05) is 43.8 Å². The first kappa shape index (κ1) is 22.1. The molecule has 0 radical (unpaired) electrons. The van der Waals surface area contributed by atoms with E-state index in [2.05, 4.69) is 10.6 Å². The van der Waals surface area contributed by atoms with Gasteiger partial charge in [-0.15, -0.1) is 12.4 Å². The molecule has 0 bridgehead atoms. The van der Waals surface area contributed by atoms with Gasteiger partial charge in [-0.3, -0.25) is 4.79 Å². The molecule has 2 rings (SSSR count). The molecule has 0 spiro atoms. The van der Waals surface area contributed by atoms with E-state index in [9.17, 15) is 4.79 Å². The second-order valence-corrected chi connectivity index (χ2v) is 7.01. The molecule has 1 aromatic rings. The molecule has 25 heavy (non-hydrogen) atoms. The SMILES string of the molecule is CCOCCOc1cc(C)ccc1CNC(=O)CC1CSCCN1.Cl. The van der Waals surface area contributed by atoms with Crippen molar-refractivity contribution in [1.82, 2.24) is 10.6 Å². The Balaban J connectivity index is 0.00000312. The molecule has 0 aromatic heterocycles. The second kappa shape index (κ2) is 12.4. The van der Waals surface area contributed by atoms with Gasteiger partial charge in [0.1, 0.15) is 12.4 Å². The summed E-state index contributed by atoms with van der Waals surface area (Å²) >= 11 is 1.90. The molecular weight excluding hydrogens is 360 g/mol. The minimum absolute atomic E-state index is 0. The van der Waals surface area contributed by atoms with Crippen molar-refractivity contribution in [3.63, 3.8) is 0 Å². The van der Waals surface area contributed by atoms with E-state index >= 15 is 0 Å². The van der Waals surface area contributed by atoms with Crippen molar-refractivity contribution in [3.8, 4) is 5.75 Å². The molecule has 1 amide bonds. The molecule has 1 heterocycles. The number of hydrogen-bond donors (Lipinski definition) is 2. The summed E-state index contributed by atoms with van der Waals surface area (Å²) in [6.07, 6.45) is 0.527. The van der Waals surface area contributed by atoms with Crippen LogP contribution < -0.4 is 15.4 Å². The summed E-state index contributed by atoms with van der Waals surface area (Å²) in [6, 6.07) is 6.34. The van der Waals surface area contributed by atoms with Crippen molar-refractivity contribution < 1.29 is 14.3 Å². The third-order valence-electron chi connectivity index (χ3n) is 3.82. The van der Waals surface area contributed by atoms with E-state index in [1.54, 1.807) is 0 Å². The van der Waals surface area contributed by atoms with Gasteiger partial charge >= 0.3 is 0 Å². The molecule has 142 valence electrons. The summed E-state index contributed by atoms with van der Waals surface area (Å²) in [7, 11) is 0. The number of carbonyl (C=O) groups is 1. The van der Waals surface area contributed by atoms with Crippen LogP contribution in [0.4, 0.5) is 0 Å². The highest BCUT2D eigenvalue weighted by molar-refractivity contribution is 7.99. The van der Waals surface area contributed by atoms with Gasteiger partial charge in [-0.05, 0) is 25.5 Å². The lowest BCUT2D eigenvalue weighted by atomic mass is 10.1. The summed E-state index contributed by atoms with van der Waals surface area (Å²) < 4.78 is 11.1. The van der Waals surface area contributed by atoms with Crippen LogP contribution in [0.5, 0.6) is 5.75 Å². The average Bonchev–Trinajstić information content (AvgIpc) is 2.59.